The van der Waals surface area contributed by atoms with E-state index in [1.807, 2.05) is 6.07 Å². The molecule has 0 spiro atoms. The van der Waals surface area contributed by atoms with E-state index in [1.54, 1.807) is 6.33 Å². The summed E-state index contributed by atoms with van der Waals surface area (Å²) >= 11 is 0. The zero-order valence-corrected chi connectivity index (χ0v) is 14.3. The van der Waals surface area contributed by atoms with Crippen molar-refractivity contribution in [3.63, 3.8) is 0 Å². The molecule has 1 saturated heterocycles. The van der Waals surface area contributed by atoms with Crippen molar-refractivity contribution in [2.45, 2.75) is 13.3 Å². The van der Waals surface area contributed by atoms with E-state index in [0.717, 1.165) is 57.3 Å². The molecule has 2 aromatic rings. The van der Waals surface area contributed by atoms with Gasteiger partial charge in [0, 0.05) is 32.7 Å². The lowest BCUT2D eigenvalue weighted by Gasteiger charge is -2.35. The van der Waals surface area contributed by atoms with Gasteiger partial charge in [0.1, 0.15) is 12.0 Å². The maximum absolute atomic E-state index is 6.32. The molecule has 2 heterocycles. The molecule has 1 aliphatic rings. The molecule has 0 radical (unpaired) electrons. The Labute approximate surface area is 143 Å². The van der Waals surface area contributed by atoms with Crippen LogP contribution in [0.2, 0.25) is 0 Å². The van der Waals surface area contributed by atoms with E-state index < -0.39 is 0 Å². The highest BCUT2D eigenvalue weighted by Gasteiger charge is 2.20. The van der Waals surface area contributed by atoms with Gasteiger partial charge in [-0.1, -0.05) is 37.3 Å². The molecule has 0 amide bonds. The molecule has 0 saturated carbocycles. The molecule has 24 heavy (non-hydrogen) atoms. The lowest BCUT2D eigenvalue weighted by molar-refractivity contribution is 0.270. The number of aromatic nitrogens is 2. The number of nitrogens with two attached hydrogens (primary N) is 1. The highest BCUT2D eigenvalue weighted by Crippen LogP contribution is 2.26. The number of nitrogens with one attached hydrogen (secondary N) is 1. The Morgan fingerprint density at radius 3 is 2.54 bits per heavy atom. The first-order valence-electron chi connectivity index (χ1n) is 8.63. The van der Waals surface area contributed by atoms with E-state index >= 15 is 0 Å². The first kappa shape index (κ1) is 16.5. The van der Waals surface area contributed by atoms with E-state index in [2.05, 4.69) is 56.3 Å². The number of nitrogen functional groups attached to an aromatic ring is 1. The van der Waals surface area contributed by atoms with Gasteiger partial charge >= 0.3 is 0 Å². The minimum absolute atomic E-state index is 0.649. The van der Waals surface area contributed by atoms with Crippen LogP contribution in [0.3, 0.4) is 0 Å². The Balaban J connectivity index is 1.61. The number of hydrogen-bond acceptors (Lipinski definition) is 6. The van der Waals surface area contributed by atoms with Crippen molar-refractivity contribution >= 4 is 17.3 Å². The monoisotopic (exact) mass is 326 g/mol. The quantitative estimate of drug-likeness (QED) is 0.844. The van der Waals surface area contributed by atoms with Gasteiger partial charge in [0.2, 0.25) is 0 Å². The summed E-state index contributed by atoms with van der Waals surface area (Å²) in [6.07, 6.45) is 2.54. The van der Waals surface area contributed by atoms with Gasteiger partial charge in [-0.2, -0.15) is 0 Å². The molecule has 1 fully saturated rings. The summed E-state index contributed by atoms with van der Waals surface area (Å²) in [7, 11) is 0. The average Bonchev–Trinajstić information content (AvgIpc) is 2.64. The summed E-state index contributed by atoms with van der Waals surface area (Å²) in [5, 5.41) is 3.35. The minimum atomic E-state index is 0.649. The number of rotatable bonds is 6. The van der Waals surface area contributed by atoms with Crippen molar-refractivity contribution in [3.05, 3.63) is 42.2 Å². The molecule has 0 unspecified atom stereocenters. The van der Waals surface area contributed by atoms with E-state index in [0.29, 0.717) is 5.69 Å². The summed E-state index contributed by atoms with van der Waals surface area (Å²) in [5.41, 5.74) is 8.27. The summed E-state index contributed by atoms with van der Waals surface area (Å²) in [6.45, 7) is 8.11. The van der Waals surface area contributed by atoms with Crippen LogP contribution in [0.4, 0.5) is 17.3 Å². The fraction of sp³-hybridized carbons (Fsp3) is 0.444. The second-order valence-corrected chi connectivity index (χ2v) is 6.04. The van der Waals surface area contributed by atoms with Gasteiger partial charge in [-0.3, -0.25) is 0 Å². The largest absolute Gasteiger partial charge is 0.393 e. The van der Waals surface area contributed by atoms with Crippen LogP contribution in [0.5, 0.6) is 0 Å². The number of benzene rings is 1. The van der Waals surface area contributed by atoms with Gasteiger partial charge in [0.05, 0.1) is 0 Å². The van der Waals surface area contributed by atoms with Gasteiger partial charge in [-0.05, 0) is 18.5 Å². The predicted octanol–water partition coefficient (Wildman–Crippen LogP) is 1.86. The van der Waals surface area contributed by atoms with Crippen molar-refractivity contribution in [3.8, 4) is 0 Å². The fourth-order valence-corrected chi connectivity index (χ4v) is 3.02. The van der Waals surface area contributed by atoms with Gasteiger partial charge in [0.25, 0.3) is 0 Å². The Hall–Kier alpha value is -2.34. The zero-order valence-electron chi connectivity index (χ0n) is 14.3. The lowest BCUT2D eigenvalue weighted by Crippen LogP contribution is -2.46. The molecule has 0 aliphatic carbocycles. The summed E-state index contributed by atoms with van der Waals surface area (Å²) < 4.78 is 0. The third-order valence-corrected chi connectivity index (χ3v) is 4.53. The standard InChI is InChI=1S/C18H26N6/c1-2-23-10-12-24(13-11-23)18-16(19)17(21-14-22-18)20-9-8-15-6-4-3-5-7-15/h3-7,14H,2,8-13,19H2,1H3,(H,20,21,22). The Morgan fingerprint density at radius 2 is 1.83 bits per heavy atom. The molecular weight excluding hydrogens is 300 g/mol. The van der Waals surface area contributed by atoms with Crippen molar-refractivity contribution in [1.29, 1.82) is 0 Å². The minimum Gasteiger partial charge on any atom is -0.393 e. The van der Waals surface area contributed by atoms with Crippen LogP contribution in [-0.4, -0.2) is 54.1 Å². The summed E-state index contributed by atoms with van der Waals surface area (Å²) in [6, 6.07) is 10.4. The Bertz CT molecular complexity index is 637. The molecule has 3 rings (SSSR count). The fourth-order valence-electron chi connectivity index (χ4n) is 3.02. The SMILES string of the molecule is CCN1CCN(c2ncnc(NCCc3ccccc3)c2N)CC1. The zero-order chi connectivity index (χ0) is 16.8. The van der Waals surface area contributed by atoms with Gasteiger partial charge < -0.3 is 20.9 Å². The predicted molar refractivity (Wildman–Crippen MR) is 99.4 cm³/mol. The molecule has 1 aromatic heterocycles. The van der Waals surface area contributed by atoms with Crippen LogP contribution < -0.4 is 16.0 Å². The van der Waals surface area contributed by atoms with E-state index in [4.69, 9.17) is 5.73 Å². The second kappa shape index (κ2) is 7.97. The molecule has 0 bridgehead atoms. The number of anilines is 3. The molecule has 1 aromatic carbocycles. The normalized spacial score (nSPS) is 15.5. The van der Waals surface area contributed by atoms with E-state index in [9.17, 15) is 0 Å². The third-order valence-electron chi connectivity index (χ3n) is 4.53. The first-order chi connectivity index (χ1) is 11.8. The van der Waals surface area contributed by atoms with Crippen LogP contribution in [-0.2, 0) is 6.42 Å². The van der Waals surface area contributed by atoms with Crippen molar-refractivity contribution in [2.24, 2.45) is 0 Å². The summed E-state index contributed by atoms with van der Waals surface area (Å²) in [5.74, 6) is 1.58. The van der Waals surface area contributed by atoms with Gasteiger partial charge in [0.15, 0.2) is 11.6 Å². The Kier molecular flexibility index (Phi) is 5.48. The van der Waals surface area contributed by atoms with Crippen LogP contribution >= 0.6 is 0 Å². The highest BCUT2D eigenvalue weighted by molar-refractivity contribution is 5.75. The molecule has 3 N–H and O–H groups in total. The number of hydrogen-bond donors (Lipinski definition) is 2. The maximum atomic E-state index is 6.32. The van der Waals surface area contributed by atoms with E-state index in [-0.39, 0.29) is 0 Å². The number of likely N-dealkylation sites (N-methyl/N-ethyl adjacent to an activating group) is 1. The van der Waals surface area contributed by atoms with Crippen LogP contribution in [0.25, 0.3) is 0 Å². The molecular formula is C18H26N6. The van der Waals surface area contributed by atoms with E-state index in [1.165, 1.54) is 5.56 Å². The second-order valence-electron chi connectivity index (χ2n) is 6.04. The average molecular weight is 326 g/mol. The van der Waals surface area contributed by atoms with Gasteiger partial charge in [-0.15, -0.1) is 0 Å². The van der Waals surface area contributed by atoms with Crippen LogP contribution in [0.15, 0.2) is 36.7 Å². The van der Waals surface area contributed by atoms with Crippen molar-refractivity contribution in [2.75, 3.05) is 55.2 Å². The van der Waals surface area contributed by atoms with Crippen molar-refractivity contribution in [1.82, 2.24) is 14.9 Å². The lowest BCUT2D eigenvalue weighted by atomic mass is 10.1. The molecule has 0 atom stereocenters. The molecule has 6 nitrogen and oxygen atoms in total. The molecule has 1 aliphatic heterocycles. The molecule has 128 valence electrons. The topological polar surface area (TPSA) is 70.3 Å². The maximum Gasteiger partial charge on any atom is 0.157 e. The third kappa shape index (κ3) is 3.94. The van der Waals surface area contributed by atoms with Gasteiger partial charge in [-0.25, -0.2) is 9.97 Å². The number of piperazine rings is 1. The first-order valence-corrected chi connectivity index (χ1v) is 8.63. The number of nitrogens with zero attached hydrogens (tertiary/aromatic N) is 4. The van der Waals surface area contributed by atoms with Crippen LogP contribution in [0.1, 0.15) is 12.5 Å². The van der Waals surface area contributed by atoms with Crippen molar-refractivity contribution < 1.29 is 0 Å². The molecule has 6 heteroatoms. The summed E-state index contributed by atoms with van der Waals surface area (Å²) in [4.78, 5) is 13.4. The Morgan fingerprint density at radius 1 is 1.08 bits per heavy atom. The highest BCUT2D eigenvalue weighted by atomic mass is 15.3. The smallest absolute Gasteiger partial charge is 0.157 e. The van der Waals surface area contributed by atoms with Crippen LogP contribution in [0, 0.1) is 0 Å².